The van der Waals surface area contributed by atoms with Crippen LogP contribution in [0.5, 0.6) is 0 Å². The Morgan fingerprint density at radius 1 is 1.04 bits per heavy atom. The van der Waals surface area contributed by atoms with Gasteiger partial charge in [-0.15, -0.1) is 0 Å². The Hall–Kier alpha value is -3.03. The summed E-state index contributed by atoms with van der Waals surface area (Å²) in [4.78, 5) is 25.3. The molecule has 0 radical (unpaired) electrons. The number of anilines is 2. The fraction of sp³-hybridized carbons (Fsp3) is 0.300. The number of rotatable bonds is 3. The van der Waals surface area contributed by atoms with Gasteiger partial charge in [-0.25, -0.2) is 4.79 Å². The number of amides is 2. The summed E-state index contributed by atoms with van der Waals surface area (Å²) in [6, 6.07) is 8.77. The van der Waals surface area contributed by atoms with E-state index in [0.717, 1.165) is 18.2 Å². The highest BCUT2D eigenvalue weighted by atomic mass is 19.4. The third-order valence-electron chi connectivity index (χ3n) is 4.02. The summed E-state index contributed by atoms with van der Waals surface area (Å²) in [5, 5.41) is 12.1. The number of carbonyl (C=O) groups excluding carboxylic acids is 1. The Morgan fingerprint density at radius 2 is 1.68 bits per heavy atom. The summed E-state index contributed by atoms with van der Waals surface area (Å²) in [7, 11) is 0. The van der Waals surface area contributed by atoms with Crippen molar-refractivity contribution in [3.8, 4) is 0 Å². The summed E-state index contributed by atoms with van der Waals surface area (Å²) < 4.78 is 38.5. The Balaban J connectivity index is 2.36. The molecule has 28 heavy (non-hydrogen) atoms. The number of hydrogen-bond donors (Lipinski definition) is 2. The minimum Gasteiger partial charge on any atom is -0.465 e. The molecule has 2 aromatic rings. The summed E-state index contributed by atoms with van der Waals surface area (Å²) in [5.74, 6) is -0.724. The molecule has 0 atom stereocenters. The second kappa shape index (κ2) is 7.53. The standard InChI is InChI=1S/C20H21F3N2O3/c1-12-8-9-15(11-16(12)25(18(27)28)19(2,3)4)24-17(26)13-6-5-7-14(10-13)20(21,22)23/h5-11H,1-4H3,(H,24,26)(H,27,28). The van der Waals surface area contributed by atoms with Crippen LogP contribution in [0.1, 0.15) is 42.3 Å². The van der Waals surface area contributed by atoms with Gasteiger partial charge in [0.1, 0.15) is 0 Å². The third kappa shape index (κ3) is 4.82. The van der Waals surface area contributed by atoms with Crippen molar-refractivity contribution in [3.63, 3.8) is 0 Å². The van der Waals surface area contributed by atoms with E-state index < -0.39 is 29.3 Å². The number of aryl methyl sites for hydroxylation is 1. The number of halogens is 3. The molecule has 2 aromatic carbocycles. The van der Waals surface area contributed by atoms with E-state index in [1.54, 1.807) is 39.8 Å². The number of carbonyl (C=O) groups is 2. The van der Waals surface area contributed by atoms with Crippen LogP contribution >= 0.6 is 0 Å². The molecule has 0 heterocycles. The molecule has 0 saturated carbocycles. The molecule has 2 N–H and O–H groups in total. The van der Waals surface area contributed by atoms with Crippen LogP contribution in [0.3, 0.4) is 0 Å². The lowest BCUT2D eigenvalue weighted by atomic mass is 10.0. The molecule has 0 spiro atoms. The van der Waals surface area contributed by atoms with E-state index in [0.29, 0.717) is 11.3 Å². The summed E-state index contributed by atoms with van der Waals surface area (Å²) in [6.07, 6.45) is -5.71. The van der Waals surface area contributed by atoms with Crippen molar-refractivity contribution in [3.05, 3.63) is 59.2 Å². The molecule has 0 aliphatic rings. The van der Waals surface area contributed by atoms with Crippen molar-refractivity contribution in [1.29, 1.82) is 0 Å². The highest BCUT2D eigenvalue weighted by Gasteiger charge is 2.31. The number of carboxylic acid groups (broad SMARTS) is 1. The van der Waals surface area contributed by atoms with Crippen LogP contribution in [0.4, 0.5) is 29.3 Å². The largest absolute Gasteiger partial charge is 0.465 e. The van der Waals surface area contributed by atoms with Crippen molar-refractivity contribution >= 4 is 23.4 Å². The average molecular weight is 394 g/mol. The fourth-order valence-electron chi connectivity index (χ4n) is 2.72. The highest BCUT2D eigenvalue weighted by Crippen LogP contribution is 2.31. The number of hydrogen-bond acceptors (Lipinski definition) is 2. The van der Waals surface area contributed by atoms with Gasteiger partial charge in [0, 0.05) is 16.8 Å². The van der Waals surface area contributed by atoms with Crippen molar-refractivity contribution in [1.82, 2.24) is 0 Å². The van der Waals surface area contributed by atoms with E-state index in [2.05, 4.69) is 5.32 Å². The SMILES string of the molecule is Cc1ccc(NC(=O)c2cccc(C(F)(F)F)c2)cc1N(C(=O)O)C(C)(C)C. The molecule has 0 saturated heterocycles. The van der Waals surface area contributed by atoms with Crippen LogP contribution in [0.15, 0.2) is 42.5 Å². The van der Waals surface area contributed by atoms with Crippen molar-refractivity contribution in [2.75, 3.05) is 10.2 Å². The van der Waals surface area contributed by atoms with Gasteiger partial charge in [0.25, 0.3) is 5.91 Å². The first-order valence-corrected chi connectivity index (χ1v) is 8.43. The minimum atomic E-state index is -4.55. The first-order chi connectivity index (χ1) is 12.8. The van der Waals surface area contributed by atoms with Crippen molar-refractivity contribution < 1.29 is 27.9 Å². The minimum absolute atomic E-state index is 0.150. The van der Waals surface area contributed by atoms with E-state index >= 15 is 0 Å². The predicted octanol–water partition coefficient (Wildman–Crippen LogP) is 5.55. The molecule has 2 amide bonds. The van der Waals surface area contributed by atoms with E-state index in [1.807, 2.05) is 0 Å². The zero-order valence-corrected chi connectivity index (χ0v) is 15.9. The lowest BCUT2D eigenvalue weighted by Gasteiger charge is -2.34. The van der Waals surface area contributed by atoms with E-state index in [-0.39, 0.29) is 11.3 Å². The van der Waals surface area contributed by atoms with Crippen molar-refractivity contribution in [2.24, 2.45) is 0 Å². The normalized spacial score (nSPS) is 11.8. The molecule has 0 fully saturated rings. The first-order valence-electron chi connectivity index (χ1n) is 8.43. The van der Waals surface area contributed by atoms with Crippen molar-refractivity contribution in [2.45, 2.75) is 39.4 Å². The smallest absolute Gasteiger partial charge is 0.416 e. The van der Waals surface area contributed by atoms with Crippen LogP contribution in [0.2, 0.25) is 0 Å². The summed E-state index contributed by atoms with van der Waals surface area (Å²) in [5.41, 5.74) is -0.479. The molecular weight excluding hydrogens is 373 g/mol. The van der Waals surface area contributed by atoms with Gasteiger partial charge >= 0.3 is 12.3 Å². The summed E-state index contributed by atoms with van der Waals surface area (Å²) >= 11 is 0. The Kier molecular flexibility index (Phi) is 5.72. The predicted molar refractivity (Wildman–Crippen MR) is 101 cm³/mol. The van der Waals surface area contributed by atoms with Gasteiger partial charge in [0.05, 0.1) is 11.3 Å². The number of nitrogens with zero attached hydrogens (tertiary/aromatic N) is 1. The van der Waals surface area contributed by atoms with Crippen LogP contribution in [-0.2, 0) is 6.18 Å². The van der Waals surface area contributed by atoms with Crippen LogP contribution < -0.4 is 10.2 Å². The van der Waals surface area contributed by atoms with Gasteiger partial charge in [-0.3, -0.25) is 9.69 Å². The molecule has 150 valence electrons. The zero-order chi connectivity index (χ0) is 21.3. The summed E-state index contributed by atoms with van der Waals surface area (Å²) in [6.45, 7) is 6.92. The highest BCUT2D eigenvalue weighted by molar-refractivity contribution is 6.05. The molecule has 8 heteroatoms. The average Bonchev–Trinajstić information content (AvgIpc) is 2.55. The molecule has 0 aliphatic heterocycles. The Labute approximate surface area is 160 Å². The zero-order valence-electron chi connectivity index (χ0n) is 15.9. The van der Waals surface area contributed by atoms with Crippen LogP contribution in [-0.4, -0.2) is 22.6 Å². The number of alkyl halides is 3. The van der Waals surface area contributed by atoms with E-state index in [9.17, 15) is 27.9 Å². The molecular formula is C20H21F3N2O3. The van der Waals surface area contributed by atoms with Gasteiger partial charge in [-0.05, 0) is 63.6 Å². The first kappa shape index (κ1) is 21.3. The van der Waals surface area contributed by atoms with Gasteiger partial charge in [0.15, 0.2) is 0 Å². The topological polar surface area (TPSA) is 69.6 Å². The van der Waals surface area contributed by atoms with Crippen LogP contribution in [0, 0.1) is 6.92 Å². The molecule has 0 unspecified atom stereocenters. The van der Waals surface area contributed by atoms with E-state index in [1.165, 1.54) is 17.0 Å². The quantitative estimate of drug-likeness (QED) is 0.717. The molecule has 2 rings (SSSR count). The van der Waals surface area contributed by atoms with Gasteiger partial charge in [-0.1, -0.05) is 12.1 Å². The molecule has 5 nitrogen and oxygen atoms in total. The lowest BCUT2D eigenvalue weighted by molar-refractivity contribution is -0.137. The van der Waals surface area contributed by atoms with Gasteiger partial charge in [0.2, 0.25) is 0 Å². The van der Waals surface area contributed by atoms with Crippen LogP contribution in [0.25, 0.3) is 0 Å². The Bertz CT molecular complexity index is 902. The maximum Gasteiger partial charge on any atom is 0.416 e. The third-order valence-corrected chi connectivity index (χ3v) is 4.02. The maximum atomic E-state index is 12.8. The number of nitrogens with one attached hydrogen (secondary N) is 1. The molecule has 0 bridgehead atoms. The molecule has 0 aliphatic carbocycles. The van der Waals surface area contributed by atoms with Gasteiger partial charge < -0.3 is 10.4 Å². The molecule has 0 aromatic heterocycles. The Morgan fingerprint density at radius 3 is 2.21 bits per heavy atom. The monoisotopic (exact) mass is 394 g/mol. The number of benzene rings is 2. The second-order valence-electron chi connectivity index (χ2n) is 7.32. The second-order valence-corrected chi connectivity index (χ2v) is 7.32. The maximum absolute atomic E-state index is 12.8. The van der Waals surface area contributed by atoms with E-state index in [4.69, 9.17) is 0 Å². The van der Waals surface area contributed by atoms with Gasteiger partial charge in [-0.2, -0.15) is 13.2 Å². The lowest BCUT2D eigenvalue weighted by Crippen LogP contribution is -2.45. The fourth-order valence-corrected chi connectivity index (χ4v) is 2.72.